The van der Waals surface area contributed by atoms with E-state index in [9.17, 15) is 4.79 Å². The normalized spacial score (nSPS) is 7.82. The zero-order chi connectivity index (χ0) is 8.69. The summed E-state index contributed by atoms with van der Waals surface area (Å²) in [5.41, 5.74) is 4.47. The lowest BCUT2D eigenvalue weighted by atomic mass is 10.8. The molecule has 0 atom stereocenters. The van der Waals surface area contributed by atoms with E-state index in [1.807, 2.05) is 6.07 Å². The molecule has 0 radical (unpaired) electrons. The van der Waals surface area contributed by atoms with E-state index in [1.54, 1.807) is 12.4 Å². The van der Waals surface area contributed by atoms with E-state index in [2.05, 4.69) is 27.6 Å². The molecule has 0 bridgehead atoms. The zero-order valence-electron chi connectivity index (χ0n) is 5.77. The molecule has 7 heteroatoms. The van der Waals surface area contributed by atoms with E-state index in [0.717, 1.165) is 0 Å². The minimum atomic E-state index is -0.852. The maximum Gasteiger partial charge on any atom is 0.343 e. The first-order chi connectivity index (χ1) is 5.14. The summed E-state index contributed by atoms with van der Waals surface area (Å²) in [5.74, 6) is 9.14. The van der Waals surface area contributed by atoms with Gasteiger partial charge >= 0.3 is 6.03 Å². The van der Waals surface area contributed by atoms with Crippen molar-refractivity contribution in [2.45, 2.75) is 0 Å². The molecule has 0 saturated heterocycles. The molecule has 0 spiro atoms. The van der Waals surface area contributed by atoms with Gasteiger partial charge in [0.1, 0.15) is 0 Å². The van der Waals surface area contributed by atoms with Crippen molar-refractivity contribution in [2.75, 3.05) is 0 Å². The molecule has 0 unspecified atom stereocenters. The molecule has 0 fully saturated rings. The first-order valence-electron chi connectivity index (χ1n) is 2.67. The van der Waals surface area contributed by atoms with Gasteiger partial charge in [-0.25, -0.2) is 16.5 Å². The van der Waals surface area contributed by atoms with E-state index in [0.29, 0.717) is 5.12 Å². The molecular formula is C4H10N6O. The van der Waals surface area contributed by atoms with Gasteiger partial charge in [0.2, 0.25) is 0 Å². The summed E-state index contributed by atoms with van der Waals surface area (Å²) in [6.07, 6.45) is 3.46. The van der Waals surface area contributed by atoms with Gasteiger partial charge in [-0.3, -0.25) is 5.10 Å². The second-order valence-electron chi connectivity index (χ2n) is 1.51. The van der Waals surface area contributed by atoms with Gasteiger partial charge in [-0.15, -0.1) is 0 Å². The molecule has 2 amide bonds. The number of nitrogens with two attached hydrogens (primary N) is 3. The summed E-state index contributed by atoms with van der Waals surface area (Å²) < 4.78 is 0. The molecule has 0 aliphatic carbocycles. The van der Waals surface area contributed by atoms with Crippen LogP contribution in [-0.4, -0.2) is 21.3 Å². The van der Waals surface area contributed by atoms with Gasteiger partial charge in [0.15, 0.2) is 0 Å². The Bertz CT molecular complexity index is 165. The minimum Gasteiger partial charge on any atom is -0.349 e. The number of H-pyrrole nitrogens is 1. The highest BCUT2D eigenvalue weighted by molar-refractivity contribution is 5.70. The first-order valence-corrected chi connectivity index (χ1v) is 2.67. The van der Waals surface area contributed by atoms with Crippen LogP contribution in [0.15, 0.2) is 18.5 Å². The molecule has 7 N–H and O–H groups in total. The van der Waals surface area contributed by atoms with Crippen LogP contribution in [0, 0.1) is 0 Å². The second-order valence-corrected chi connectivity index (χ2v) is 1.51. The molecule has 0 aromatic carbocycles. The SMILES string of the molecule is NC(=O)N(N)N.c1cn[nH]c1. The van der Waals surface area contributed by atoms with E-state index in [4.69, 9.17) is 0 Å². The summed E-state index contributed by atoms with van der Waals surface area (Å²) in [5, 5.41) is 6.51. The van der Waals surface area contributed by atoms with Crippen molar-refractivity contribution in [2.24, 2.45) is 17.4 Å². The molecule has 1 heterocycles. The number of hydrazine groups is 2. The van der Waals surface area contributed by atoms with Crippen LogP contribution in [-0.2, 0) is 0 Å². The average Bonchev–Trinajstić information content (AvgIpc) is 2.41. The number of aromatic amines is 1. The topological polar surface area (TPSA) is 127 Å². The highest BCUT2D eigenvalue weighted by Crippen LogP contribution is 1.64. The smallest absolute Gasteiger partial charge is 0.343 e. The van der Waals surface area contributed by atoms with Crippen LogP contribution >= 0.6 is 0 Å². The Hall–Kier alpha value is -1.60. The molecule has 1 aromatic heterocycles. The third-order valence-electron chi connectivity index (χ3n) is 0.660. The van der Waals surface area contributed by atoms with Crippen molar-refractivity contribution in [3.8, 4) is 0 Å². The Kier molecular flexibility index (Phi) is 4.45. The fraction of sp³-hybridized carbons (Fsp3) is 0. The van der Waals surface area contributed by atoms with Crippen LogP contribution in [0.5, 0.6) is 0 Å². The number of nitrogens with zero attached hydrogens (tertiary/aromatic N) is 2. The molecule has 62 valence electrons. The summed E-state index contributed by atoms with van der Waals surface area (Å²) in [7, 11) is 0. The molecule has 11 heavy (non-hydrogen) atoms. The third-order valence-corrected chi connectivity index (χ3v) is 0.660. The standard InChI is InChI=1S/C3H4N2.CH6N4O/c1-2-4-5-3-1;2-1(6)5(3)4/h1-3H,(H,4,5);3-4H2,(H2,2,6). The Balaban J connectivity index is 0.000000183. The average molecular weight is 158 g/mol. The Labute approximate surface area is 63.1 Å². The van der Waals surface area contributed by atoms with E-state index in [-0.39, 0.29) is 0 Å². The highest BCUT2D eigenvalue weighted by Gasteiger charge is 1.90. The summed E-state index contributed by atoms with van der Waals surface area (Å²) >= 11 is 0. The van der Waals surface area contributed by atoms with Crippen LogP contribution in [0.4, 0.5) is 4.79 Å². The lowest BCUT2D eigenvalue weighted by Crippen LogP contribution is -2.46. The Morgan fingerprint density at radius 1 is 1.55 bits per heavy atom. The maximum atomic E-state index is 9.60. The second kappa shape index (κ2) is 5.21. The molecule has 0 aliphatic rings. The van der Waals surface area contributed by atoms with Gasteiger partial charge in [0.05, 0.1) is 0 Å². The van der Waals surface area contributed by atoms with Crippen LogP contribution in [0.1, 0.15) is 0 Å². The van der Waals surface area contributed by atoms with Crippen LogP contribution in [0.25, 0.3) is 0 Å². The van der Waals surface area contributed by atoms with E-state index in [1.165, 1.54) is 0 Å². The first kappa shape index (κ1) is 9.40. The quantitative estimate of drug-likeness (QED) is 0.208. The lowest BCUT2D eigenvalue weighted by Gasteiger charge is -2.00. The van der Waals surface area contributed by atoms with Crippen LogP contribution < -0.4 is 17.4 Å². The fourth-order valence-electron chi connectivity index (χ4n) is 0.215. The number of nitrogens with one attached hydrogen (secondary N) is 1. The van der Waals surface area contributed by atoms with Gasteiger partial charge in [-0.1, -0.05) is 0 Å². The number of aromatic nitrogens is 2. The minimum absolute atomic E-state index is 0.306. The fourth-order valence-corrected chi connectivity index (χ4v) is 0.215. The number of amides is 2. The van der Waals surface area contributed by atoms with Gasteiger partial charge in [-0.2, -0.15) is 10.2 Å². The third kappa shape index (κ3) is 6.28. The molecule has 7 nitrogen and oxygen atoms in total. The number of urea groups is 1. The van der Waals surface area contributed by atoms with Crippen molar-refractivity contribution < 1.29 is 4.79 Å². The molecule has 0 saturated carbocycles. The van der Waals surface area contributed by atoms with Gasteiger partial charge in [0, 0.05) is 12.4 Å². The summed E-state index contributed by atoms with van der Waals surface area (Å²) in [6, 6.07) is 0.981. The Morgan fingerprint density at radius 2 is 2.09 bits per heavy atom. The number of carbonyl (C=O) groups excluding carboxylic acids is 1. The number of primary amides is 1. The van der Waals surface area contributed by atoms with E-state index < -0.39 is 6.03 Å². The molecule has 0 aliphatic heterocycles. The highest BCUT2D eigenvalue weighted by atomic mass is 16.2. The van der Waals surface area contributed by atoms with Crippen molar-refractivity contribution in [1.82, 2.24) is 15.3 Å². The molecular weight excluding hydrogens is 148 g/mol. The van der Waals surface area contributed by atoms with Gasteiger partial charge < -0.3 is 5.73 Å². The van der Waals surface area contributed by atoms with Crippen molar-refractivity contribution in [1.29, 1.82) is 0 Å². The predicted octanol–water partition coefficient (Wildman–Crippen LogP) is -1.48. The van der Waals surface area contributed by atoms with Crippen LogP contribution in [0.2, 0.25) is 0 Å². The van der Waals surface area contributed by atoms with Crippen molar-refractivity contribution in [3.63, 3.8) is 0 Å². The van der Waals surface area contributed by atoms with Crippen molar-refractivity contribution in [3.05, 3.63) is 18.5 Å². The van der Waals surface area contributed by atoms with Crippen LogP contribution in [0.3, 0.4) is 0 Å². The number of rotatable bonds is 0. The predicted molar refractivity (Wildman–Crippen MR) is 38.4 cm³/mol. The lowest BCUT2D eigenvalue weighted by molar-refractivity contribution is 0.210. The Morgan fingerprint density at radius 3 is 2.18 bits per heavy atom. The summed E-state index contributed by atoms with van der Waals surface area (Å²) in [6.45, 7) is 0. The monoisotopic (exact) mass is 158 g/mol. The van der Waals surface area contributed by atoms with E-state index >= 15 is 0 Å². The van der Waals surface area contributed by atoms with Gasteiger partial charge in [-0.05, 0) is 6.07 Å². The summed E-state index contributed by atoms with van der Waals surface area (Å²) in [4.78, 5) is 9.60. The molecule has 1 aromatic rings. The maximum absolute atomic E-state index is 9.60. The molecule has 1 rings (SSSR count). The largest absolute Gasteiger partial charge is 0.349 e. The number of carbonyl (C=O) groups is 1. The number of hydrogen-bond acceptors (Lipinski definition) is 4. The van der Waals surface area contributed by atoms with Crippen molar-refractivity contribution >= 4 is 6.03 Å². The zero-order valence-corrected chi connectivity index (χ0v) is 5.77. The number of hydrogen-bond donors (Lipinski definition) is 4. The van der Waals surface area contributed by atoms with Gasteiger partial charge in [0.25, 0.3) is 0 Å².